The summed E-state index contributed by atoms with van der Waals surface area (Å²) in [4.78, 5) is 14.7. The lowest BCUT2D eigenvalue weighted by molar-refractivity contribution is -0.198. The fraction of sp³-hybridized carbons (Fsp3) is 0.650. The fourth-order valence-electron chi connectivity index (χ4n) is 4.01. The summed E-state index contributed by atoms with van der Waals surface area (Å²) in [5.74, 6) is -2.95. The van der Waals surface area contributed by atoms with E-state index >= 15 is 0 Å². The quantitative estimate of drug-likeness (QED) is 0.845. The molecule has 7 heteroatoms. The number of rotatable bonds is 5. The molecule has 2 fully saturated rings. The zero-order chi connectivity index (χ0) is 19.3. The number of alkyl halides is 3. The summed E-state index contributed by atoms with van der Waals surface area (Å²) in [5, 5.41) is 2.73. The van der Waals surface area contributed by atoms with Crippen LogP contribution in [0.3, 0.4) is 0 Å². The first-order valence-electron chi connectivity index (χ1n) is 9.66. The van der Waals surface area contributed by atoms with Gasteiger partial charge in [0.25, 0.3) is 0 Å². The molecule has 1 amide bonds. The molecule has 1 saturated heterocycles. The minimum atomic E-state index is -4.31. The normalized spacial score (nSPS) is 24.6. The summed E-state index contributed by atoms with van der Waals surface area (Å²) < 4.78 is 44.9. The lowest BCUT2D eigenvalue weighted by Gasteiger charge is -2.32. The number of morpholine rings is 1. The maximum atomic E-state index is 13.2. The zero-order valence-corrected chi connectivity index (χ0v) is 15.4. The van der Waals surface area contributed by atoms with Crippen LogP contribution >= 0.6 is 0 Å². The van der Waals surface area contributed by atoms with Gasteiger partial charge in [0.05, 0.1) is 19.1 Å². The standard InChI is InChI=1S/C20H27F3N2O2/c21-20(22,23)18-7-2-1-6-17(18)19(26)24-13-15-4-3-5-16(12-15)14-25-8-10-27-11-9-25/h3-5,12,17-18H,1-2,6-11,13-14H2,(H,24,26). The van der Waals surface area contributed by atoms with Gasteiger partial charge in [0.15, 0.2) is 0 Å². The highest BCUT2D eigenvalue weighted by Crippen LogP contribution is 2.41. The number of hydrogen-bond donors (Lipinski definition) is 1. The number of amides is 1. The number of ether oxygens (including phenoxy) is 1. The molecule has 0 radical (unpaired) electrons. The van der Waals surface area contributed by atoms with Gasteiger partial charge in [0.1, 0.15) is 0 Å². The van der Waals surface area contributed by atoms with Crippen molar-refractivity contribution in [3.8, 4) is 0 Å². The van der Waals surface area contributed by atoms with Crippen LogP contribution in [0.4, 0.5) is 13.2 Å². The van der Waals surface area contributed by atoms with Crippen LogP contribution in [0.2, 0.25) is 0 Å². The van der Waals surface area contributed by atoms with Gasteiger partial charge in [-0.25, -0.2) is 0 Å². The molecule has 3 rings (SSSR count). The summed E-state index contributed by atoms with van der Waals surface area (Å²) in [6.45, 7) is 4.32. The first kappa shape index (κ1) is 20.1. The average Bonchev–Trinajstić information content (AvgIpc) is 2.66. The Morgan fingerprint density at radius 2 is 1.85 bits per heavy atom. The van der Waals surface area contributed by atoms with Gasteiger partial charge in [-0.1, -0.05) is 37.1 Å². The molecule has 1 N–H and O–H groups in total. The molecule has 1 aromatic rings. The molecule has 1 heterocycles. The third-order valence-electron chi connectivity index (χ3n) is 5.49. The number of nitrogens with zero attached hydrogens (tertiary/aromatic N) is 1. The first-order chi connectivity index (χ1) is 12.9. The Labute approximate surface area is 158 Å². The Bertz CT molecular complexity index is 630. The molecular weight excluding hydrogens is 357 g/mol. The molecule has 2 unspecified atom stereocenters. The van der Waals surface area contributed by atoms with E-state index in [9.17, 15) is 18.0 Å². The Morgan fingerprint density at radius 3 is 2.59 bits per heavy atom. The summed E-state index contributed by atoms with van der Waals surface area (Å²) >= 11 is 0. The number of benzene rings is 1. The van der Waals surface area contributed by atoms with Crippen molar-refractivity contribution in [2.75, 3.05) is 26.3 Å². The minimum Gasteiger partial charge on any atom is -0.379 e. The van der Waals surface area contributed by atoms with Crippen molar-refractivity contribution in [3.63, 3.8) is 0 Å². The van der Waals surface area contributed by atoms with E-state index in [0.717, 1.165) is 44.0 Å². The second-order valence-corrected chi connectivity index (χ2v) is 7.47. The van der Waals surface area contributed by atoms with Gasteiger partial charge in [0, 0.05) is 32.1 Å². The Hall–Kier alpha value is -1.60. The number of hydrogen-bond acceptors (Lipinski definition) is 3. The highest BCUT2D eigenvalue weighted by Gasteiger charge is 2.47. The van der Waals surface area contributed by atoms with Gasteiger partial charge in [-0.3, -0.25) is 9.69 Å². The summed E-state index contributed by atoms with van der Waals surface area (Å²) in [6, 6.07) is 7.86. The van der Waals surface area contributed by atoms with Gasteiger partial charge >= 0.3 is 6.18 Å². The number of carbonyl (C=O) groups excluding carboxylic acids is 1. The molecule has 1 saturated carbocycles. The topological polar surface area (TPSA) is 41.6 Å². The molecule has 1 aromatic carbocycles. The van der Waals surface area contributed by atoms with Gasteiger partial charge in [-0.05, 0) is 24.0 Å². The Morgan fingerprint density at radius 1 is 1.15 bits per heavy atom. The van der Waals surface area contributed by atoms with Crippen molar-refractivity contribution in [1.82, 2.24) is 10.2 Å². The highest BCUT2D eigenvalue weighted by atomic mass is 19.4. The van der Waals surface area contributed by atoms with E-state index in [1.807, 2.05) is 24.3 Å². The predicted molar refractivity (Wildman–Crippen MR) is 95.9 cm³/mol. The molecule has 27 heavy (non-hydrogen) atoms. The molecule has 4 nitrogen and oxygen atoms in total. The molecule has 1 aliphatic carbocycles. The van der Waals surface area contributed by atoms with Crippen LogP contribution in [0.15, 0.2) is 24.3 Å². The van der Waals surface area contributed by atoms with Crippen LogP contribution < -0.4 is 5.32 Å². The van der Waals surface area contributed by atoms with Crippen LogP contribution in [0.1, 0.15) is 36.8 Å². The number of nitrogens with one attached hydrogen (secondary N) is 1. The van der Waals surface area contributed by atoms with Crippen LogP contribution in [-0.2, 0) is 22.6 Å². The van der Waals surface area contributed by atoms with E-state index in [0.29, 0.717) is 19.3 Å². The lowest BCUT2D eigenvalue weighted by atomic mass is 9.78. The van der Waals surface area contributed by atoms with Crippen molar-refractivity contribution < 1.29 is 22.7 Å². The minimum absolute atomic E-state index is 0.0522. The molecule has 0 aromatic heterocycles. The summed E-state index contributed by atoms with van der Waals surface area (Å²) in [6.07, 6.45) is -2.72. The van der Waals surface area contributed by atoms with Crippen molar-refractivity contribution in [1.29, 1.82) is 0 Å². The third kappa shape index (κ3) is 5.69. The van der Waals surface area contributed by atoms with Gasteiger partial charge in [-0.15, -0.1) is 0 Å². The molecule has 2 aliphatic rings. The maximum Gasteiger partial charge on any atom is 0.392 e. The van der Waals surface area contributed by atoms with Crippen molar-refractivity contribution in [2.45, 2.75) is 44.9 Å². The molecule has 0 bridgehead atoms. The van der Waals surface area contributed by atoms with E-state index < -0.39 is 23.9 Å². The van der Waals surface area contributed by atoms with E-state index in [-0.39, 0.29) is 13.0 Å². The highest BCUT2D eigenvalue weighted by molar-refractivity contribution is 5.79. The average molecular weight is 384 g/mol. The Balaban J connectivity index is 1.55. The predicted octanol–water partition coefficient (Wildman–Crippen LogP) is 3.50. The van der Waals surface area contributed by atoms with Gasteiger partial charge < -0.3 is 10.1 Å². The summed E-state index contributed by atoms with van der Waals surface area (Å²) in [7, 11) is 0. The largest absolute Gasteiger partial charge is 0.392 e. The first-order valence-corrected chi connectivity index (χ1v) is 9.66. The zero-order valence-electron chi connectivity index (χ0n) is 15.4. The van der Waals surface area contributed by atoms with Crippen LogP contribution in [-0.4, -0.2) is 43.3 Å². The molecular formula is C20H27F3N2O2. The second kappa shape index (κ2) is 9.06. The van der Waals surface area contributed by atoms with Crippen molar-refractivity contribution >= 4 is 5.91 Å². The smallest absolute Gasteiger partial charge is 0.379 e. The van der Waals surface area contributed by atoms with Crippen molar-refractivity contribution in [3.05, 3.63) is 35.4 Å². The summed E-state index contributed by atoms with van der Waals surface area (Å²) in [5.41, 5.74) is 2.04. The second-order valence-electron chi connectivity index (χ2n) is 7.47. The molecule has 1 aliphatic heterocycles. The van der Waals surface area contributed by atoms with E-state index in [2.05, 4.69) is 10.2 Å². The van der Waals surface area contributed by atoms with Crippen LogP contribution in [0.5, 0.6) is 0 Å². The molecule has 0 spiro atoms. The van der Waals surface area contributed by atoms with Crippen LogP contribution in [0, 0.1) is 11.8 Å². The van der Waals surface area contributed by atoms with E-state index in [1.165, 1.54) is 0 Å². The van der Waals surface area contributed by atoms with Crippen molar-refractivity contribution in [2.24, 2.45) is 11.8 Å². The Kier molecular flexibility index (Phi) is 6.76. The van der Waals surface area contributed by atoms with E-state index in [1.54, 1.807) is 0 Å². The monoisotopic (exact) mass is 384 g/mol. The molecule has 2 atom stereocenters. The van der Waals surface area contributed by atoms with Crippen LogP contribution in [0.25, 0.3) is 0 Å². The van der Waals surface area contributed by atoms with E-state index in [4.69, 9.17) is 4.74 Å². The van der Waals surface area contributed by atoms with Gasteiger partial charge in [-0.2, -0.15) is 13.2 Å². The number of carbonyl (C=O) groups is 1. The third-order valence-corrected chi connectivity index (χ3v) is 5.49. The van der Waals surface area contributed by atoms with Gasteiger partial charge in [0.2, 0.25) is 5.91 Å². The lowest BCUT2D eigenvalue weighted by Crippen LogP contribution is -2.42. The molecule has 150 valence electrons. The fourth-order valence-corrected chi connectivity index (χ4v) is 4.01. The SMILES string of the molecule is O=C(NCc1cccc(CN2CCOCC2)c1)C1CCCCC1C(F)(F)F. The maximum absolute atomic E-state index is 13.2. The number of halogens is 3.